The molecule has 2 rings (SSSR count). The molecule has 0 spiro atoms. The first-order chi connectivity index (χ1) is 10.0. The number of amides is 1. The second kappa shape index (κ2) is 6.45. The van der Waals surface area contributed by atoms with E-state index >= 15 is 0 Å². The van der Waals surface area contributed by atoms with Crippen LogP contribution in [0.4, 0.5) is 5.69 Å². The fourth-order valence-electron chi connectivity index (χ4n) is 1.88. The van der Waals surface area contributed by atoms with Gasteiger partial charge in [0.25, 0.3) is 5.56 Å². The number of halogens is 1. The number of ether oxygens (including phenoxy) is 1. The van der Waals surface area contributed by atoms with Crippen LogP contribution in [0.5, 0.6) is 5.75 Å². The third-order valence-corrected chi connectivity index (χ3v) is 3.42. The monoisotopic (exact) mass is 306 g/mol. The zero-order chi connectivity index (χ0) is 15.4. The quantitative estimate of drug-likeness (QED) is 0.945. The van der Waals surface area contributed by atoms with E-state index < -0.39 is 6.04 Å². The predicted molar refractivity (Wildman–Crippen MR) is 82.0 cm³/mol. The van der Waals surface area contributed by atoms with Gasteiger partial charge in [-0.05, 0) is 31.2 Å². The SMILES string of the molecule is COc1cccn(C(C)C(=O)Nc2ccccc2Cl)c1=O. The zero-order valence-corrected chi connectivity index (χ0v) is 12.4. The number of para-hydroxylation sites is 1. The normalized spacial score (nSPS) is 11.8. The maximum Gasteiger partial charge on any atom is 0.293 e. The Kier molecular flexibility index (Phi) is 4.65. The summed E-state index contributed by atoms with van der Waals surface area (Å²) in [5, 5.41) is 3.14. The topological polar surface area (TPSA) is 60.3 Å². The number of rotatable bonds is 4. The van der Waals surface area contributed by atoms with Crippen LogP contribution in [-0.4, -0.2) is 17.6 Å². The van der Waals surface area contributed by atoms with Crippen LogP contribution in [-0.2, 0) is 4.79 Å². The van der Waals surface area contributed by atoms with Gasteiger partial charge < -0.3 is 14.6 Å². The Morgan fingerprint density at radius 3 is 2.67 bits per heavy atom. The molecule has 0 bridgehead atoms. The Morgan fingerprint density at radius 1 is 1.29 bits per heavy atom. The van der Waals surface area contributed by atoms with E-state index in [1.54, 1.807) is 49.5 Å². The van der Waals surface area contributed by atoms with E-state index in [-0.39, 0.29) is 17.2 Å². The maximum absolute atomic E-state index is 12.2. The Morgan fingerprint density at radius 2 is 2.00 bits per heavy atom. The van der Waals surface area contributed by atoms with Gasteiger partial charge in [-0.2, -0.15) is 0 Å². The highest BCUT2D eigenvalue weighted by Gasteiger charge is 2.18. The number of aromatic nitrogens is 1. The number of hydrogen-bond acceptors (Lipinski definition) is 3. The number of anilines is 1. The van der Waals surface area contributed by atoms with Crippen molar-refractivity contribution in [3.63, 3.8) is 0 Å². The van der Waals surface area contributed by atoms with E-state index in [4.69, 9.17) is 16.3 Å². The third kappa shape index (κ3) is 3.25. The summed E-state index contributed by atoms with van der Waals surface area (Å²) in [6.07, 6.45) is 1.54. The van der Waals surface area contributed by atoms with Crippen LogP contribution >= 0.6 is 11.6 Å². The summed E-state index contributed by atoms with van der Waals surface area (Å²) in [6.45, 7) is 1.63. The average Bonchev–Trinajstić information content (AvgIpc) is 2.49. The minimum Gasteiger partial charge on any atom is -0.491 e. The van der Waals surface area contributed by atoms with Crippen molar-refractivity contribution in [2.75, 3.05) is 12.4 Å². The van der Waals surface area contributed by atoms with Gasteiger partial charge in [0.15, 0.2) is 5.75 Å². The van der Waals surface area contributed by atoms with Crippen LogP contribution in [0, 0.1) is 0 Å². The number of methoxy groups -OCH3 is 1. The molecule has 0 saturated carbocycles. The number of nitrogens with one attached hydrogen (secondary N) is 1. The molecule has 1 N–H and O–H groups in total. The number of carbonyl (C=O) groups excluding carboxylic acids is 1. The van der Waals surface area contributed by atoms with Crippen molar-refractivity contribution >= 4 is 23.2 Å². The number of carbonyl (C=O) groups is 1. The molecular formula is C15H15ClN2O3. The lowest BCUT2D eigenvalue weighted by Gasteiger charge is -2.16. The average molecular weight is 307 g/mol. The molecule has 0 aliphatic carbocycles. The molecule has 21 heavy (non-hydrogen) atoms. The van der Waals surface area contributed by atoms with Crippen molar-refractivity contribution in [2.45, 2.75) is 13.0 Å². The Bertz CT molecular complexity index is 712. The van der Waals surface area contributed by atoms with Crippen LogP contribution < -0.4 is 15.6 Å². The van der Waals surface area contributed by atoms with Crippen LogP contribution in [0.3, 0.4) is 0 Å². The maximum atomic E-state index is 12.2. The van der Waals surface area contributed by atoms with Gasteiger partial charge in [0, 0.05) is 6.20 Å². The van der Waals surface area contributed by atoms with Crippen molar-refractivity contribution in [1.29, 1.82) is 0 Å². The summed E-state index contributed by atoms with van der Waals surface area (Å²) in [5.74, 6) is -0.145. The fraction of sp³-hybridized carbons (Fsp3) is 0.200. The molecule has 1 heterocycles. The van der Waals surface area contributed by atoms with E-state index in [9.17, 15) is 9.59 Å². The molecule has 110 valence electrons. The smallest absolute Gasteiger partial charge is 0.293 e. The van der Waals surface area contributed by atoms with E-state index in [1.165, 1.54) is 11.7 Å². The molecule has 1 amide bonds. The number of pyridine rings is 1. The molecule has 0 aliphatic heterocycles. The number of nitrogens with zero attached hydrogens (tertiary/aromatic N) is 1. The van der Waals surface area contributed by atoms with Crippen LogP contribution in [0.15, 0.2) is 47.4 Å². The van der Waals surface area contributed by atoms with Crippen molar-refractivity contribution in [1.82, 2.24) is 4.57 Å². The van der Waals surface area contributed by atoms with Gasteiger partial charge in [0.2, 0.25) is 5.91 Å². The number of benzene rings is 1. The Balaban J connectivity index is 2.24. The summed E-state index contributed by atoms with van der Waals surface area (Å²) < 4.78 is 6.28. The predicted octanol–water partition coefficient (Wildman–Crippen LogP) is 2.71. The van der Waals surface area contributed by atoms with Gasteiger partial charge in [-0.15, -0.1) is 0 Å². The molecule has 0 fully saturated rings. The first-order valence-electron chi connectivity index (χ1n) is 6.35. The lowest BCUT2D eigenvalue weighted by atomic mass is 10.2. The summed E-state index contributed by atoms with van der Waals surface area (Å²) in [6, 6.07) is 9.43. The molecule has 1 aromatic carbocycles. The lowest BCUT2D eigenvalue weighted by molar-refractivity contribution is -0.118. The van der Waals surface area contributed by atoms with Crippen molar-refractivity contribution in [2.24, 2.45) is 0 Å². The molecule has 0 radical (unpaired) electrons. The van der Waals surface area contributed by atoms with Crippen LogP contribution in [0.2, 0.25) is 5.02 Å². The summed E-state index contributed by atoms with van der Waals surface area (Å²) in [7, 11) is 1.41. The second-order valence-corrected chi connectivity index (χ2v) is 4.84. The van der Waals surface area contributed by atoms with Gasteiger partial charge >= 0.3 is 0 Å². The largest absolute Gasteiger partial charge is 0.491 e. The minimum absolute atomic E-state index is 0.190. The third-order valence-electron chi connectivity index (χ3n) is 3.09. The molecule has 2 aromatic rings. The molecular weight excluding hydrogens is 292 g/mol. The lowest BCUT2D eigenvalue weighted by Crippen LogP contribution is -2.31. The Hall–Kier alpha value is -2.27. The zero-order valence-electron chi connectivity index (χ0n) is 11.7. The van der Waals surface area contributed by atoms with Crippen LogP contribution in [0.1, 0.15) is 13.0 Å². The number of hydrogen-bond donors (Lipinski definition) is 1. The summed E-state index contributed by atoms with van der Waals surface area (Å²) in [5.41, 5.74) is 0.147. The van der Waals surface area contributed by atoms with Crippen molar-refractivity contribution < 1.29 is 9.53 Å². The first-order valence-corrected chi connectivity index (χ1v) is 6.73. The van der Waals surface area contributed by atoms with Crippen molar-refractivity contribution in [3.05, 3.63) is 58.0 Å². The summed E-state index contributed by atoms with van der Waals surface area (Å²) >= 11 is 5.99. The van der Waals surface area contributed by atoms with Gasteiger partial charge in [-0.1, -0.05) is 23.7 Å². The highest BCUT2D eigenvalue weighted by molar-refractivity contribution is 6.33. The van der Waals surface area contributed by atoms with E-state index in [1.807, 2.05) is 0 Å². The van der Waals surface area contributed by atoms with Gasteiger partial charge in [-0.3, -0.25) is 9.59 Å². The van der Waals surface area contributed by atoms with E-state index in [2.05, 4.69) is 5.32 Å². The molecule has 6 heteroatoms. The Labute approximate surface area is 127 Å². The van der Waals surface area contributed by atoms with E-state index in [0.29, 0.717) is 10.7 Å². The standard InChI is InChI=1S/C15H15ClN2O3/c1-10(18-9-5-8-13(21-2)15(18)20)14(19)17-12-7-4-3-6-11(12)16/h3-10H,1-2H3,(H,17,19). The van der Waals surface area contributed by atoms with Gasteiger partial charge in [0.05, 0.1) is 17.8 Å². The molecule has 1 unspecified atom stereocenters. The van der Waals surface area contributed by atoms with Gasteiger partial charge in [0.1, 0.15) is 6.04 Å². The van der Waals surface area contributed by atoms with Crippen molar-refractivity contribution in [3.8, 4) is 5.75 Å². The molecule has 1 aromatic heterocycles. The molecule has 1 atom stereocenters. The summed E-state index contributed by atoms with van der Waals surface area (Å²) in [4.78, 5) is 24.3. The van der Waals surface area contributed by atoms with E-state index in [0.717, 1.165) is 0 Å². The molecule has 5 nitrogen and oxygen atoms in total. The van der Waals surface area contributed by atoms with Crippen LogP contribution in [0.25, 0.3) is 0 Å². The first kappa shape index (κ1) is 15.1. The molecule has 0 aliphatic rings. The highest BCUT2D eigenvalue weighted by atomic mass is 35.5. The van der Waals surface area contributed by atoms with Gasteiger partial charge in [-0.25, -0.2) is 0 Å². The highest BCUT2D eigenvalue weighted by Crippen LogP contribution is 2.21. The molecule has 0 saturated heterocycles. The minimum atomic E-state index is -0.691. The second-order valence-electron chi connectivity index (χ2n) is 4.43. The fourth-order valence-corrected chi connectivity index (χ4v) is 2.06.